The van der Waals surface area contributed by atoms with Crippen LogP contribution >= 0.6 is 27.3 Å². The predicted octanol–water partition coefficient (Wildman–Crippen LogP) is 4.70. The Labute approximate surface area is 118 Å². The zero-order valence-corrected chi connectivity index (χ0v) is 12.7. The molecule has 0 saturated carbocycles. The van der Waals surface area contributed by atoms with Crippen molar-refractivity contribution in [3.8, 4) is 10.6 Å². The van der Waals surface area contributed by atoms with E-state index in [2.05, 4.69) is 69.8 Å². The van der Waals surface area contributed by atoms with Crippen LogP contribution in [0.3, 0.4) is 0 Å². The summed E-state index contributed by atoms with van der Waals surface area (Å²) < 4.78 is 3.18. The van der Waals surface area contributed by atoms with Crippen LogP contribution in [0, 0.1) is 6.92 Å². The second-order valence-corrected chi connectivity index (χ2v) is 6.34. The summed E-state index contributed by atoms with van der Waals surface area (Å²) in [6.07, 6.45) is 5.24. The van der Waals surface area contributed by atoms with E-state index in [9.17, 15) is 0 Å². The highest BCUT2D eigenvalue weighted by molar-refractivity contribution is 9.10. The fourth-order valence-electron chi connectivity index (χ4n) is 1.93. The highest BCUT2D eigenvalue weighted by Gasteiger charge is 2.08. The minimum absolute atomic E-state index is 0.997. The number of nitrogens with zero attached hydrogens (tertiary/aromatic N) is 2. The Balaban J connectivity index is 2.13. The average Bonchev–Trinajstić information content (AvgIpc) is 2.95. The number of rotatable bonds is 2. The largest absolute Gasteiger partial charge is 0.305 e. The maximum Gasteiger partial charge on any atom is 0.137 e. The summed E-state index contributed by atoms with van der Waals surface area (Å²) in [6, 6.07) is 6.44. The van der Waals surface area contributed by atoms with Gasteiger partial charge in [-0.15, -0.1) is 11.3 Å². The van der Waals surface area contributed by atoms with Crippen molar-refractivity contribution in [3.05, 3.63) is 45.5 Å². The van der Waals surface area contributed by atoms with E-state index in [1.807, 2.05) is 11.3 Å². The molecule has 0 aliphatic carbocycles. The van der Waals surface area contributed by atoms with E-state index >= 15 is 0 Å². The van der Waals surface area contributed by atoms with E-state index < -0.39 is 0 Å². The van der Waals surface area contributed by atoms with Crippen LogP contribution in [0.1, 0.15) is 17.4 Å². The van der Waals surface area contributed by atoms with Crippen molar-refractivity contribution >= 4 is 32.9 Å². The van der Waals surface area contributed by atoms with Crippen LogP contribution < -0.4 is 0 Å². The van der Waals surface area contributed by atoms with Gasteiger partial charge >= 0.3 is 0 Å². The molecule has 0 N–H and O–H groups in total. The fraction of sp³-hybridized carbons (Fsp3) is 0.214. The molecule has 0 aromatic carbocycles. The lowest BCUT2D eigenvalue weighted by Gasteiger charge is -1.98. The first-order chi connectivity index (χ1) is 8.67. The molecule has 0 bridgehead atoms. The Bertz CT molecular complexity index is 673. The quantitative estimate of drug-likeness (QED) is 0.669. The first kappa shape index (κ1) is 11.9. The van der Waals surface area contributed by atoms with Crippen molar-refractivity contribution in [2.24, 2.45) is 0 Å². The Morgan fingerprint density at radius 3 is 2.89 bits per heavy atom. The van der Waals surface area contributed by atoms with Crippen molar-refractivity contribution in [1.82, 2.24) is 9.38 Å². The van der Waals surface area contributed by atoms with Gasteiger partial charge in [-0.05, 0) is 53.0 Å². The lowest BCUT2D eigenvalue weighted by Crippen LogP contribution is -1.85. The van der Waals surface area contributed by atoms with Crippen LogP contribution in [0.4, 0.5) is 0 Å². The van der Waals surface area contributed by atoms with Crippen molar-refractivity contribution in [3.63, 3.8) is 0 Å². The summed E-state index contributed by atoms with van der Waals surface area (Å²) >= 11 is 5.37. The molecule has 92 valence electrons. The molecular formula is C14H13BrN2S. The number of thiophene rings is 1. The molecule has 3 aromatic rings. The highest BCUT2D eigenvalue weighted by atomic mass is 79.9. The van der Waals surface area contributed by atoms with E-state index in [-0.39, 0.29) is 0 Å². The zero-order chi connectivity index (χ0) is 12.7. The van der Waals surface area contributed by atoms with Crippen LogP contribution in [-0.2, 0) is 6.42 Å². The summed E-state index contributed by atoms with van der Waals surface area (Å²) in [5.41, 5.74) is 3.26. The van der Waals surface area contributed by atoms with Gasteiger partial charge in [-0.25, -0.2) is 4.98 Å². The third-order valence-electron chi connectivity index (χ3n) is 3.00. The van der Waals surface area contributed by atoms with Gasteiger partial charge in [0, 0.05) is 21.7 Å². The Kier molecular flexibility index (Phi) is 2.99. The van der Waals surface area contributed by atoms with Gasteiger partial charge in [-0.3, -0.25) is 0 Å². The number of pyridine rings is 1. The van der Waals surface area contributed by atoms with Gasteiger partial charge in [0.2, 0.25) is 0 Å². The number of hydrogen-bond donors (Lipinski definition) is 0. The molecule has 0 radical (unpaired) electrons. The van der Waals surface area contributed by atoms with Gasteiger partial charge in [0.1, 0.15) is 5.65 Å². The van der Waals surface area contributed by atoms with E-state index in [4.69, 9.17) is 0 Å². The van der Waals surface area contributed by atoms with Gasteiger partial charge in [-0.1, -0.05) is 6.92 Å². The van der Waals surface area contributed by atoms with E-state index in [0.717, 1.165) is 22.2 Å². The SMILES string of the molecule is CCc1ccc(-c2cn3cc(Br)c(C)cc3n2)s1. The monoisotopic (exact) mass is 320 g/mol. The number of halogens is 1. The standard InChI is InChI=1S/C14H13BrN2S/c1-3-10-4-5-13(18-10)12-8-17-7-11(15)9(2)6-14(17)16-12/h4-8H,3H2,1-2H3. The molecule has 3 aromatic heterocycles. The van der Waals surface area contributed by atoms with Crippen molar-refractivity contribution in [1.29, 1.82) is 0 Å². The third-order valence-corrected chi connectivity index (χ3v) is 5.08. The lowest BCUT2D eigenvalue weighted by atomic mass is 10.3. The first-order valence-electron chi connectivity index (χ1n) is 5.91. The number of aromatic nitrogens is 2. The maximum atomic E-state index is 4.69. The van der Waals surface area contributed by atoms with E-state index in [1.165, 1.54) is 15.3 Å². The molecule has 3 rings (SSSR count). The van der Waals surface area contributed by atoms with Crippen LogP contribution in [0.5, 0.6) is 0 Å². The molecule has 2 nitrogen and oxygen atoms in total. The number of hydrogen-bond acceptors (Lipinski definition) is 2. The number of imidazole rings is 1. The molecule has 0 fully saturated rings. The Hall–Kier alpha value is -1.13. The Morgan fingerprint density at radius 1 is 1.33 bits per heavy atom. The summed E-state index contributed by atoms with van der Waals surface area (Å²) in [5, 5.41) is 0. The first-order valence-corrected chi connectivity index (χ1v) is 7.52. The average molecular weight is 321 g/mol. The van der Waals surface area contributed by atoms with Crippen LogP contribution in [0.15, 0.2) is 35.1 Å². The molecule has 0 atom stereocenters. The van der Waals surface area contributed by atoms with Crippen molar-refractivity contribution < 1.29 is 0 Å². The molecule has 4 heteroatoms. The molecule has 18 heavy (non-hydrogen) atoms. The lowest BCUT2D eigenvalue weighted by molar-refractivity contribution is 1.16. The number of fused-ring (bicyclic) bond motifs is 1. The van der Waals surface area contributed by atoms with Gasteiger partial charge in [0.05, 0.1) is 10.6 Å². The molecule has 0 aliphatic rings. The third kappa shape index (κ3) is 1.99. The Morgan fingerprint density at radius 2 is 2.17 bits per heavy atom. The second kappa shape index (κ2) is 4.52. The minimum Gasteiger partial charge on any atom is -0.305 e. The van der Waals surface area contributed by atoms with Gasteiger partial charge < -0.3 is 4.40 Å². The topological polar surface area (TPSA) is 17.3 Å². The minimum atomic E-state index is 0.997. The maximum absolute atomic E-state index is 4.69. The van der Waals surface area contributed by atoms with Crippen molar-refractivity contribution in [2.45, 2.75) is 20.3 Å². The molecule has 3 heterocycles. The van der Waals surface area contributed by atoms with Gasteiger partial charge in [0.15, 0.2) is 0 Å². The highest BCUT2D eigenvalue weighted by Crippen LogP contribution is 2.28. The van der Waals surface area contributed by atoms with Crippen LogP contribution in [-0.4, -0.2) is 9.38 Å². The second-order valence-electron chi connectivity index (χ2n) is 4.32. The zero-order valence-electron chi connectivity index (χ0n) is 10.3. The summed E-state index contributed by atoms with van der Waals surface area (Å²) in [4.78, 5) is 7.33. The summed E-state index contributed by atoms with van der Waals surface area (Å²) in [5.74, 6) is 0. The fourth-order valence-corrected chi connectivity index (χ4v) is 3.17. The predicted molar refractivity (Wildman–Crippen MR) is 80.3 cm³/mol. The van der Waals surface area contributed by atoms with Gasteiger partial charge in [0.25, 0.3) is 0 Å². The molecule has 0 amide bonds. The normalized spacial score (nSPS) is 11.3. The smallest absolute Gasteiger partial charge is 0.137 e. The molecular weight excluding hydrogens is 308 g/mol. The van der Waals surface area contributed by atoms with E-state index in [1.54, 1.807) is 0 Å². The molecule has 0 aliphatic heterocycles. The molecule has 0 spiro atoms. The molecule has 0 unspecified atom stereocenters. The van der Waals surface area contributed by atoms with Crippen molar-refractivity contribution in [2.75, 3.05) is 0 Å². The summed E-state index contributed by atoms with van der Waals surface area (Å²) in [7, 11) is 0. The summed E-state index contributed by atoms with van der Waals surface area (Å²) in [6.45, 7) is 4.26. The van der Waals surface area contributed by atoms with E-state index in [0.29, 0.717) is 0 Å². The van der Waals surface area contributed by atoms with Crippen LogP contribution in [0.25, 0.3) is 16.2 Å². The molecule has 0 saturated heterocycles. The van der Waals surface area contributed by atoms with Gasteiger partial charge in [-0.2, -0.15) is 0 Å². The van der Waals surface area contributed by atoms with Crippen LogP contribution in [0.2, 0.25) is 0 Å². The number of aryl methyl sites for hydroxylation is 2.